The molecule has 0 radical (unpaired) electrons. The molecule has 1 aromatic rings. The molecule has 3 amide bonds. The fourth-order valence-electron chi connectivity index (χ4n) is 4.86. The number of urea groups is 1. The summed E-state index contributed by atoms with van der Waals surface area (Å²) in [6.45, 7) is 5.83. The predicted molar refractivity (Wildman–Crippen MR) is 127 cm³/mol. The third kappa shape index (κ3) is 5.47. The van der Waals surface area contributed by atoms with Crippen LogP contribution in [0.4, 0.5) is 10.5 Å². The van der Waals surface area contributed by atoms with Crippen molar-refractivity contribution in [3.63, 3.8) is 0 Å². The molecule has 33 heavy (non-hydrogen) atoms. The summed E-state index contributed by atoms with van der Waals surface area (Å²) < 4.78 is 11.6. The Bertz CT molecular complexity index is 888. The van der Waals surface area contributed by atoms with Crippen molar-refractivity contribution in [2.75, 3.05) is 72.3 Å². The Morgan fingerprint density at radius 3 is 2.73 bits per heavy atom. The predicted octanol–water partition coefficient (Wildman–Crippen LogP) is 1.68. The van der Waals surface area contributed by atoms with Gasteiger partial charge in [-0.2, -0.15) is 0 Å². The fourth-order valence-corrected chi connectivity index (χ4v) is 5.09. The summed E-state index contributed by atoms with van der Waals surface area (Å²) in [6.07, 6.45) is 2.62. The van der Waals surface area contributed by atoms with Crippen molar-refractivity contribution in [3.05, 3.63) is 22.2 Å². The first kappa shape index (κ1) is 23.9. The van der Waals surface area contributed by atoms with Crippen molar-refractivity contribution in [1.82, 2.24) is 20.0 Å². The Morgan fingerprint density at radius 1 is 1.24 bits per heavy atom. The number of piperidine rings is 1. The summed E-state index contributed by atoms with van der Waals surface area (Å²) in [5.74, 6) is 0.884. The van der Waals surface area contributed by atoms with Gasteiger partial charge in [0.2, 0.25) is 0 Å². The number of carbonyl (C=O) groups is 2. The summed E-state index contributed by atoms with van der Waals surface area (Å²) in [4.78, 5) is 31.0. The first-order valence-corrected chi connectivity index (χ1v) is 12.0. The lowest BCUT2D eigenvalue weighted by molar-refractivity contribution is -0.0331. The second-order valence-corrected chi connectivity index (χ2v) is 9.70. The molecule has 3 aliphatic rings. The van der Waals surface area contributed by atoms with Gasteiger partial charge >= 0.3 is 6.03 Å². The molecule has 1 aromatic carbocycles. The highest BCUT2D eigenvalue weighted by Gasteiger charge is 2.29. The number of hydrogen-bond donors (Lipinski definition) is 2. The number of halogens is 1. The van der Waals surface area contributed by atoms with Gasteiger partial charge in [-0.05, 0) is 24.8 Å². The molecule has 2 saturated heterocycles. The van der Waals surface area contributed by atoms with Crippen molar-refractivity contribution >= 4 is 29.2 Å². The van der Waals surface area contributed by atoms with Crippen LogP contribution in [0.5, 0.6) is 5.75 Å². The maximum atomic E-state index is 12.8. The molecule has 0 spiro atoms. The average molecular weight is 480 g/mol. The third-order valence-electron chi connectivity index (χ3n) is 6.71. The largest absolute Gasteiger partial charge is 0.492 e. The van der Waals surface area contributed by atoms with E-state index >= 15 is 0 Å². The van der Waals surface area contributed by atoms with E-state index in [9.17, 15) is 9.59 Å². The number of amides is 3. The highest BCUT2D eigenvalue weighted by atomic mass is 35.5. The van der Waals surface area contributed by atoms with Crippen LogP contribution in [0.2, 0.25) is 5.02 Å². The third-order valence-corrected chi connectivity index (χ3v) is 7.03. The number of likely N-dealkylation sites (tertiary alicyclic amines) is 1. The van der Waals surface area contributed by atoms with Crippen LogP contribution in [0.15, 0.2) is 6.07 Å². The summed E-state index contributed by atoms with van der Waals surface area (Å²) >= 11 is 6.23. The minimum atomic E-state index is -0.228. The molecule has 3 aliphatic heterocycles. The van der Waals surface area contributed by atoms with E-state index in [1.54, 1.807) is 25.1 Å². The second-order valence-electron chi connectivity index (χ2n) is 9.30. The first-order valence-electron chi connectivity index (χ1n) is 11.7. The first-order chi connectivity index (χ1) is 15.8. The number of nitrogens with one attached hydrogen (secondary N) is 1. The van der Waals surface area contributed by atoms with Gasteiger partial charge < -0.3 is 30.3 Å². The summed E-state index contributed by atoms with van der Waals surface area (Å²) in [5, 5.41) is 3.36. The fraction of sp³-hybridized carbons (Fsp3) is 0.652. The number of nitrogens with zero attached hydrogens (tertiary/aromatic N) is 3. The van der Waals surface area contributed by atoms with Gasteiger partial charge in [0, 0.05) is 65.3 Å². The van der Waals surface area contributed by atoms with Crippen LogP contribution in [0.3, 0.4) is 0 Å². The molecule has 2 fully saturated rings. The molecule has 1 unspecified atom stereocenters. The van der Waals surface area contributed by atoms with Crippen molar-refractivity contribution in [2.45, 2.75) is 25.4 Å². The molecule has 4 rings (SSSR count). The summed E-state index contributed by atoms with van der Waals surface area (Å²) in [7, 11) is 3.59. The lowest BCUT2D eigenvalue weighted by Gasteiger charge is -2.38. The molecule has 0 bridgehead atoms. The van der Waals surface area contributed by atoms with Gasteiger partial charge in [0.25, 0.3) is 5.91 Å². The van der Waals surface area contributed by atoms with Crippen LogP contribution in [0.25, 0.3) is 0 Å². The smallest absolute Gasteiger partial charge is 0.319 e. The average Bonchev–Trinajstić information content (AvgIpc) is 3.30. The van der Waals surface area contributed by atoms with Crippen molar-refractivity contribution in [1.29, 1.82) is 0 Å². The Kier molecular flexibility index (Phi) is 7.51. The molecule has 10 heteroatoms. The zero-order valence-electron chi connectivity index (χ0n) is 19.4. The molecule has 182 valence electrons. The minimum Gasteiger partial charge on any atom is -0.492 e. The van der Waals surface area contributed by atoms with Crippen LogP contribution >= 0.6 is 11.6 Å². The van der Waals surface area contributed by atoms with E-state index in [1.807, 2.05) is 4.90 Å². The van der Waals surface area contributed by atoms with E-state index in [4.69, 9.17) is 26.8 Å². The number of carbonyl (C=O) groups excluding carboxylic acids is 2. The standard InChI is InChI=1S/C23H34ClN5O4/c1-27(2)23(31)29-6-3-15(4-7-29)13-28-8-10-32-16(14-28)12-26-22(30)18-11-19(24)20(25)17-5-9-33-21(17)18/h11,15-16H,3-10,12-14,25H2,1-2H3,(H,26,30). The van der Waals surface area contributed by atoms with Gasteiger partial charge in [0.1, 0.15) is 5.75 Å². The van der Waals surface area contributed by atoms with Gasteiger partial charge in [-0.25, -0.2) is 4.79 Å². The van der Waals surface area contributed by atoms with E-state index in [0.717, 1.165) is 51.1 Å². The van der Waals surface area contributed by atoms with E-state index in [2.05, 4.69) is 10.2 Å². The number of anilines is 1. The summed E-state index contributed by atoms with van der Waals surface area (Å²) in [5.41, 5.74) is 7.76. The summed E-state index contributed by atoms with van der Waals surface area (Å²) in [6, 6.07) is 1.67. The van der Waals surface area contributed by atoms with Gasteiger partial charge in [-0.1, -0.05) is 11.6 Å². The molecular weight excluding hydrogens is 446 g/mol. The van der Waals surface area contributed by atoms with Crippen LogP contribution in [0.1, 0.15) is 28.8 Å². The zero-order chi connectivity index (χ0) is 23.5. The van der Waals surface area contributed by atoms with Gasteiger partial charge in [-0.3, -0.25) is 9.69 Å². The second kappa shape index (κ2) is 10.4. The molecular formula is C23H34ClN5O4. The van der Waals surface area contributed by atoms with Crippen LogP contribution in [-0.2, 0) is 11.2 Å². The van der Waals surface area contributed by atoms with Crippen LogP contribution in [-0.4, -0.2) is 99.3 Å². The van der Waals surface area contributed by atoms with Crippen molar-refractivity contribution < 1.29 is 19.1 Å². The molecule has 3 N–H and O–H groups in total. The number of rotatable bonds is 5. The molecule has 3 heterocycles. The molecule has 9 nitrogen and oxygen atoms in total. The molecule has 0 aromatic heterocycles. The normalized spacial score (nSPS) is 21.4. The van der Waals surface area contributed by atoms with Crippen molar-refractivity contribution in [2.24, 2.45) is 5.92 Å². The zero-order valence-corrected chi connectivity index (χ0v) is 20.2. The van der Waals surface area contributed by atoms with Gasteiger partial charge in [0.15, 0.2) is 0 Å². The monoisotopic (exact) mass is 479 g/mol. The number of nitrogen functional groups attached to an aromatic ring is 1. The Hall–Kier alpha value is -2.23. The maximum Gasteiger partial charge on any atom is 0.319 e. The molecule has 0 aliphatic carbocycles. The maximum absolute atomic E-state index is 12.8. The lowest BCUT2D eigenvalue weighted by Crippen LogP contribution is -2.50. The van der Waals surface area contributed by atoms with E-state index in [-0.39, 0.29) is 18.0 Å². The Balaban J connectivity index is 1.26. The number of hydrogen-bond acceptors (Lipinski definition) is 6. The molecule has 0 saturated carbocycles. The number of morpholine rings is 1. The molecule has 1 atom stereocenters. The lowest BCUT2D eigenvalue weighted by atomic mass is 9.96. The number of nitrogens with two attached hydrogens (primary N) is 1. The Labute approximate surface area is 200 Å². The SMILES string of the molecule is CN(C)C(=O)N1CCC(CN2CCOC(CNC(=O)c3cc(Cl)c(N)c4c3OCC4)C2)CC1. The van der Waals surface area contributed by atoms with Crippen LogP contribution < -0.4 is 15.8 Å². The Morgan fingerprint density at radius 2 is 2.00 bits per heavy atom. The quantitative estimate of drug-likeness (QED) is 0.623. The van der Waals surface area contributed by atoms with Gasteiger partial charge in [0.05, 0.1) is 35.6 Å². The van der Waals surface area contributed by atoms with E-state index in [1.165, 1.54) is 0 Å². The number of ether oxygens (including phenoxy) is 2. The van der Waals surface area contributed by atoms with Gasteiger partial charge in [-0.15, -0.1) is 0 Å². The van der Waals surface area contributed by atoms with Crippen LogP contribution in [0, 0.1) is 5.92 Å². The van der Waals surface area contributed by atoms with Crippen molar-refractivity contribution in [3.8, 4) is 5.75 Å². The highest BCUT2D eigenvalue weighted by Crippen LogP contribution is 2.38. The topological polar surface area (TPSA) is 100 Å². The minimum absolute atomic E-state index is 0.0728. The van der Waals surface area contributed by atoms with E-state index < -0.39 is 0 Å². The number of fused-ring (bicyclic) bond motifs is 1. The van der Waals surface area contributed by atoms with E-state index in [0.29, 0.717) is 54.1 Å². The highest BCUT2D eigenvalue weighted by molar-refractivity contribution is 6.33. The number of benzene rings is 1.